The number of hydrogen-bond donors (Lipinski definition) is 2. The number of carbonyl (C=O) groups excluding carboxylic acids is 1. The lowest BCUT2D eigenvalue weighted by atomic mass is 9.94. The summed E-state index contributed by atoms with van der Waals surface area (Å²) >= 11 is 1.88. The summed E-state index contributed by atoms with van der Waals surface area (Å²) in [6.45, 7) is 0. The van der Waals surface area contributed by atoms with E-state index in [0.717, 1.165) is 12.8 Å². The van der Waals surface area contributed by atoms with Crippen molar-refractivity contribution in [1.29, 1.82) is 0 Å². The van der Waals surface area contributed by atoms with E-state index in [1.54, 1.807) is 0 Å². The Kier molecular flexibility index (Phi) is 5.72. The fourth-order valence-corrected chi connectivity index (χ4v) is 2.85. The average Bonchev–Trinajstić information content (AvgIpc) is 2.29. The van der Waals surface area contributed by atoms with Gasteiger partial charge in [0.15, 0.2) is 0 Å². The van der Waals surface area contributed by atoms with Crippen LogP contribution in [0.3, 0.4) is 0 Å². The molecule has 1 amide bonds. The molecule has 1 saturated carbocycles. The molecule has 0 bridgehead atoms. The van der Waals surface area contributed by atoms with Crippen LogP contribution in [0, 0.1) is 12.3 Å². The molecule has 4 heteroatoms. The Bertz CT molecular complexity index is 275. The molecule has 0 heterocycles. The van der Waals surface area contributed by atoms with Gasteiger partial charge in [-0.05, 0) is 25.5 Å². The molecule has 0 aliphatic heterocycles. The Morgan fingerprint density at radius 1 is 1.69 bits per heavy atom. The number of thioether (sulfide) groups is 1. The summed E-state index contributed by atoms with van der Waals surface area (Å²) in [5, 5.41) is 3.66. The monoisotopic (exact) mass is 240 g/mol. The first-order valence-electron chi connectivity index (χ1n) is 5.69. The van der Waals surface area contributed by atoms with Crippen molar-refractivity contribution in [1.82, 2.24) is 5.32 Å². The van der Waals surface area contributed by atoms with Gasteiger partial charge in [0.05, 0.1) is 6.04 Å². The number of rotatable bonds is 4. The van der Waals surface area contributed by atoms with E-state index in [9.17, 15) is 4.79 Å². The van der Waals surface area contributed by atoms with E-state index in [-0.39, 0.29) is 11.9 Å². The summed E-state index contributed by atoms with van der Waals surface area (Å²) in [5.41, 5.74) is 5.65. The summed E-state index contributed by atoms with van der Waals surface area (Å²) in [4.78, 5) is 11.7. The van der Waals surface area contributed by atoms with Gasteiger partial charge in [-0.25, -0.2) is 0 Å². The first-order valence-corrected chi connectivity index (χ1v) is 6.98. The van der Waals surface area contributed by atoms with Gasteiger partial charge in [-0.3, -0.25) is 4.79 Å². The molecular formula is C12H20N2OS. The lowest BCUT2D eigenvalue weighted by Crippen LogP contribution is -2.47. The zero-order valence-electron chi connectivity index (χ0n) is 9.74. The molecular weight excluding hydrogens is 220 g/mol. The lowest BCUT2D eigenvalue weighted by Gasteiger charge is -2.29. The van der Waals surface area contributed by atoms with Gasteiger partial charge in [-0.1, -0.05) is 6.42 Å². The summed E-state index contributed by atoms with van der Waals surface area (Å²) in [6, 6.07) is -0.276. The molecule has 1 aliphatic rings. The van der Waals surface area contributed by atoms with E-state index in [2.05, 4.69) is 17.5 Å². The maximum atomic E-state index is 11.7. The van der Waals surface area contributed by atoms with Gasteiger partial charge in [0.1, 0.15) is 0 Å². The van der Waals surface area contributed by atoms with Gasteiger partial charge in [-0.2, -0.15) is 11.8 Å². The highest BCUT2D eigenvalue weighted by Crippen LogP contribution is 2.26. The molecule has 1 aliphatic carbocycles. The predicted molar refractivity (Wildman–Crippen MR) is 69.1 cm³/mol. The fraction of sp³-hybridized carbons (Fsp3) is 0.750. The minimum Gasteiger partial charge on any atom is -0.352 e. The van der Waals surface area contributed by atoms with E-state index >= 15 is 0 Å². The Labute approximate surface area is 102 Å². The maximum Gasteiger partial charge on any atom is 0.238 e. The topological polar surface area (TPSA) is 55.1 Å². The maximum absolute atomic E-state index is 11.7. The number of nitrogens with one attached hydrogen (secondary N) is 1. The summed E-state index contributed by atoms with van der Waals surface area (Å²) in [7, 11) is 0. The molecule has 0 aromatic rings. The van der Waals surface area contributed by atoms with Crippen LogP contribution in [0.15, 0.2) is 0 Å². The first-order chi connectivity index (χ1) is 7.67. The Morgan fingerprint density at radius 3 is 3.06 bits per heavy atom. The predicted octanol–water partition coefficient (Wildman–Crippen LogP) is 1.13. The van der Waals surface area contributed by atoms with Crippen LogP contribution < -0.4 is 11.1 Å². The largest absolute Gasteiger partial charge is 0.352 e. The van der Waals surface area contributed by atoms with Crippen LogP contribution in [0.1, 0.15) is 32.1 Å². The van der Waals surface area contributed by atoms with Gasteiger partial charge in [0.25, 0.3) is 0 Å². The number of amides is 1. The summed E-state index contributed by atoms with van der Waals surface area (Å²) in [5.74, 6) is 2.31. The van der Waals surface area contributed by atoms with E-state index in [4.69, 9.17) is 12.2 Å². The highest BCUT2D eigenvalue weighted by atomic mass is 32.2. The number of nitrogens with two attached hydrogens (primary N) is 1. The minimum atomic E-state index is -0.556. The molecule has 0 saturated heterocycles. The van der Waals surface area contributed by atoms with Crippen LogP contribution in [0.5, 0.6) is 0 Å². The van der Waals surface area contributed by atoms with Crippen LogP contribution in [0.25, 0.3) is 0 Å². The lowest BCUT2D eigenvalue weighted by molar-refractivity contribution is -0.123. The zero-order chi connectivity index (χ0) is 12.0. The van der Waals surface area contributed by atoms with Gasteiger partial charge in [0, 0.05) is 17.7 Å². The molecule has 0 aromatic heterocycles. The van der Waals surface area contributed by atoms with E-state index in [0.29, 0.717) is 11.7 Å². The molecule has 3 atom stereocenters. The van der Waals surface area contributed by atoms with Crippen molar-refractivity contribution in [2.45, 2.75) is 49.4 Å². The van der Waals surface area contributed by atoms with Gasteiger partial charge < -0.3 is 11.1 Å². The number of terminal acetylenes is 1. The first kappa shape index (κ1) is 13.4. The Balaban J connectivity index is 2.36. The summed E-state index contributed by atoms with van der Waals surface area (Å²) < 4.78 is 0. The van der Waals surface area contributed by atoms with Gasteiger partial charge in [0.2, 0.25) is 5.91 Å². The van der Waals surface area contributed by atoms with E-state index in [1.165, 1.54) is 12.8 Å². The minimum absolute atomic E-state index is 0.107. The third-order valence-electron chi connectivity index (χ3n) is 2.98. The van der Waals surface area contributed by atoms with Gasteiger partial charge in [-0.15, -0.1) is 12.3 Å². The van der Waals surface area contributed by atoms with Crippen molar-refractivity contribution in [3.63, 3.8) is 0 Å². The fourth-order valence-electron chi connectivity index (χ4n) is 2.02. The van der Waals surface area contributed by atoms with Crippen molar-refractivity contribution in [2.24, 2.45) is 5.73 Å². The third-order valence-corrected chi connectivity index (χ3v) is 4.08. The standard InChI is InChI=1S/C12H20N2OS/c1-3-5-11(13)12(15)14-9-6-4-7-10(8-9)16-2/h1,9-11H,4-8,13H2,2H3,(H,14,15). The molecule has 3 unspecified atom stereocenters. The molecule has 90 valence electrons. The Hall–Kier alpha value is -0.660. The quantitative estimate of drug-likeness (QED) is 0.724. The second kappa shape index (κ2) is 6.82. The van der Waals surface area contributed by atoms with Crippen molar-refractivity contribution >= 4 is 17.7 Å². The third kappa shape index (κ3) is 4.07. The number of carbonyl (C=O) groups is 1. The van der Waals surface area contributed by atoms with Crippen LogP contribution >= 0.6 is 11.8 Å². The van der Waals surface area contributed by atoms with Crippen molar-refractivity contribution in [3.8, 4) is 12.3 Å². The Morgan fingerprint density at radius 2 is 2.44 bits per heavy atom. The molecule has 0 radical (unpaired) electrons. The van der Waals surface area contributed by atoms with Crippen LogP contribution in [0.4, 0.5) is 0 Å². The van der Waals surface area contributed by atoms with Crippen LogP contribution in [0.2, 0.25) is 0 Å². The van der Waals surface area contributed by atoms with Gasteiger partial charge >= 0.3 is 0 Å². The smallest absolute Gasteiger partial charge is 0.238 e. The molecule has 3 N–H and O–H groups in total. The second-order valence-electron chi connectivity index (χ2n) is 4.24. The van der Waals surface area contributed by atoms with Crippen molar-refractivity contribution < 1.29 is 4.79 Å². The molecule has 1 rings (SSSR count). The summed E-state index contributed by atoms with van der Waals surface area (Å²) in [6.07, 6.45) is 12.1. The zero-order valence-corrected chi connectivity index (χ0v) is 10.6. The molecule has 16 heavy (non-hydrogen) atoms. The molecule has 0 spiro atoms. The SMILES string of the molecule is C#CCC(N)C(=O)NC1CCCC(SC)C1. The molecule has 1 fully saturated rings. The van der Waals surface area contributed by atoms with Crippen molar-refractivity contribution in [2.75, 3.05) is 6.26 Å². The van der Waals surface area contributed by atoms with Crippen molar-refractivity contribution in [3.05, 3.63) is 0 Å². The molecule has 0 aromatic carbocycles. The average molecular weight is 240 g/mol. The normalized spacial score (nSPS) is 26.8. The second-order valence-corrected chi connectivity index (χ2v) is 5.38. The number of hydrogen-bond acceptors (Lipinski definition) is 3. The van der Waals surface area contributed by atoms with Crippen LogP contribution in [-0.2, 0) is 4.79 Å². The van der Waals surface area contributed by atoms with E-state index < -0.39 is 6.04 Å². The highest BCUT2D eigenvalue weighted by molar-refractivity contribution is 7.99. The van der Waals surface area contributed by atoms with Crippen LogP contribution in [-0.4, -0.2) is 29.5 Å². The molecule has 3 nitrogen and oxygen atoms in total. The van der Waals surface area contributed by atoms with E-state index in [1.807, 2.05) is 11.8 Å². The highest BCUT2D eigenvalue weighted by Gasteiger charge is 2.24.